The SMILES string of the molecule is Cn1nc(-c2cnc[nH]2)c(F)c1N. The van der Waals surface area contributed by atoms with Crippen LogP contribution in [0.25, 0.3) is 11.4 Å². The maximum atomic E-state index is 13.3. The van der Waals surface area contributed by atoms with Crippen molar-refractivity contribution in [2.24, 2.45) is 7.05 Å². The number of hydrogen-bond acceptors (Lipinski definition) is 3. The Kier molecular flexibility index (Phi) is 1.54. The van der Waals surface area contributed by atoms with E-state index in [4.69, 9.17) is 5.73 Å². The molecule has 0 saturated heterocycles. The Hall–Kier alpha value is -1.85. The quantitative estimate of drug-likeness (QED) is 0.674. The molecule has 2 heterocycles. The second-order valence-electron chi connectivity index (χ2n) is 2.64. The summed E-state index contributed by atoms with van der Waals surface area (Å²) in [6.07, 6.45) is 2.95. The first-order valence-corrected chi connectivity index (χ1v) is 3.67. The zero-order valence-corrected chi connectivity index (χ0v) is 6.95. The molecule has 0 aliphatic rings. The van der Waals surface area contributed by atoms with Gasteiger partial charge in [-0.25, -0.2) is 14.1 Å². The molecule has 0 unspecified atom stereocenters. The average Bonchev–Trinajstić information content (AvgIpc) is 2.70. The summed E-state index contributed by atoms with van der Waals surface area (Å²) in [6, 6.07) is 0. The molecule has 2 aromatic rings. The molecular weight excluding hydrogens is 173 g/mol. The first kappa shape index (κ1) is 7.78. The summed E-state index contributed by atoms with van der Waals surface area (Å²) in [5, 5.41) is 3.90. The van der Waals surface area contributed by atoms with Gasteiger partial charge in [-0.1, -0.05) is 0 Å². The summed E-state index contributed by atoms with van der Waals surface area (Å²) < 4.78 is 14.6. The van der Waals surface area contributed by atoms with Gasteiger partial charge < -0.3 is 10.7 Å². The maximum Gasteiger partial charge on any atom is 0.194 e. The molecule has 0 radical (unpaired) electrons. The van der Waals surface area contributed by atoms with Crippen LogP contribution in [0.4, 0.5) is 10.2 Å². The largest absolute Gasteiger partial charge is 0.381 e. The normalized spacial score (nSPS) is 10.6. The Morgan fingerprint density at radius 3 is 2.85 bits per heavy atom. The molecule has 2 rings (SSSR count). The molecule has 0 aliphatic carbocycles. The van der Waals surface area contributed by atoms with E-state index in [9.17, 15) is 4.39 Å². The second-order valence-corrected chi connectivity index (χ2v) is 2.64. The molecule has 0 bridgehead atoms. The van der Waals surface area contributed by atoms with Crippen LogP contribution < -0.4 is 5.73 Å². The van der Waals surface area contributed by atoms with Crippen LogP contribution in [-0.2, 0) is 7.05 Å². The summed E-state index contributed by atoms with van der Waals surface area (Å²) in [4.78, 5) is 6.52. The molecule has 0 fully saturated rings. The van der Waals surface area contributed by atoms with Crippen molar-refractivity contribution >= 4 is 5.82 Å². The summed E-state index contributed by atoms with van der Waals surface area (Å²) in [6.45, 7) is 0. The zero-order valence-electron chi connectivity index (χ0n) is 6.95. The number of halogens is 1. The van der Waals surface area contributed by atoms with E-state index in [1.165, 1.54) is 17.2 Å². The number of aromatic amines is 1. The third-order valence-electron chi connectivity index (χ3n) is 1.78. The highest BCUT2D eigenvalue weighted by Gasteiger charge is 2.15. The Morgan fingerprint density at radius 2 is 2.38 bits per heavy atom. The fraction of sp³-hybridized carbons (Fsp3) is 0.143. The Balaban J connectivity index is 2.59. The number of aromatic nitrogens is 4. The Bertz CT molecular complexity index is 416. The third-order valence-corrected chi connectivity index (χ3v) is 1.78. The number of nitrogens with zero attached hydrogens (tertiary/aromatic N) is 3. The van der Waals surface area contributed by atoms with Gasteiger partial charge in [0.25, 0.3) is 0 Å². The number of rotatable bonds is 1. The van der Waals surface area contributed by atoms with E-state index in [0.29, 0.717) is 5.69 Å². The van der Waals surface area contributed by atoms with E-state index in [0.717, 1.165) is 0 Å². The fourth-order valence-electron chi connectivity index (χ4n) is 1.07. The molecule has 5 nitrogen and oxygen atoms in total. The van der Waals surface area contributed by atoms with Crippen molar-refractivity contribution in [3.05, 3.63) is 18.3 Å². The van der Waals surface area contributed by atoms with E-state index < -0.39 is 5.82 Å². The maximum absolute atomic E-state index is 13.3. The Morgan fingerprint density at radius 1 is 1.62 bits per heavy atom. The minimum atomic E-state index is -0.522. The molecule has 0 atom stereocenters. The van der Waals surface area contributed by atoms with E-state index in [2.05, 4.69) is 15.1 Å². The van der Waals surface area contributed by atoms with Gasteiger partial charge >= 0.3 is 0 Å². The highest BCUT2D eigenvalue weighted by atomic mass is 19.1. The van der Waals surface area contributed by atoms with Crippen molar-refractivity contribution in [3.8, 4) is 11.4 Å². The van der Waals surface area contributed by atoms with Gasteiger partial charge in [0.05, 0.1) is 18.2 Å². The van der Waals surface area contributed by atoms with Gasteiger partial charge in [-0.3, -0.25) is 0 Å². The van der Waals surface area contributed by atoms with Gasteiger partial charge in [0, 0.05) is 7.05 Å². The number of nitrogens with two attached hydrogens (primary N) is 1. The van der Waals surface area contributed by atoms with Crippen LogP contribution in [0.1, 0.15) is 0 Å². The molecule has 0 aromatic carbocycles. The van der Waals surface area contributed by atoms with Crippen LogP contribution in [0.15, 0.2) is 12.5 Å². The smallest absolute Gasteiger partial charge is 0.194 e. The number of nitrogen functional groups attached to an aromatic ring is 1. The van der Waals surface area contributed by atoms with Crippen LogP contribution in [0.5, 0.6) is 0 Å². The van der Waals surface area contributed by atoms with Gasteiger partial charge in [0.2, 0.25) is 0 Å². The second kappa shape index (κ2) is 2.58. The highest BCUT2D eigenvalue weighted by Crippen LogP contribution is 2.22. The number of hydrogen-bond donors (Lipinski definition) is 2. The summed E-state index contributed by atoms with van der Waals surface area (Å²) >= 11 is 0. The molecule has 13 heavy (non-hydrogen) atoms. The minimum Gasteiger partial charge on any atom is -0.381 e. The number of anilines is 1. The third kappa shape index (κ3) is 1.07. The van der Waals surface area contributed by atoms with E-state index >= 15 is 0 Å². The van der Waals surface area contributed by atoms with Gasteiger partial charge in [0.15, 0.2) is 11.6 Å². The molecule has 3 N–H and O–H groups in total. The first-order valence-electron chi connectivity index (χ1n) is 3.67. The zero-order chi connectivity index (χ0) is 9.42. The van der Waals surface area contributed by atoms with E-state index in [-0.39, 0.29) is 11.5 Å². The molecular formula is C7H8FN5. The van der Waals surface area contributed by atoms with Crippen molar-refractivity contribution in [1.82, 2.24) is 19.7 Å². The standard InChI is InChI=1S/C7H8FN5/c1-13-7(9)5(8)6(12-13)4-2-10-3-11-4/h2-3H,9H2,1H3,(H,10,11). The van der Waals surface area contributed by atoms with Crippen LogP contribution in [0.3, 0.4) is 0 Å². The number of aryl methyl sites for hydroxylation is 1. The van der Waals surface area contributed by atoms with Crippen LogP contribution in [0, 0.1) is 5.82 Å². The molecule has 0 aliphatic heterocycles. The molecule has 2 aromatic heterocycles. The predicted octanol–water partition coefficient (Wildman–Crippen LogP) is 0.531. The van der Waals surface area contributed by atoms with Crippen LogP contribution in [-0.4, -0.2) is 19.7 Å². The number of H-pyrrole nitrogens is 1. The van der Waals surface area contributed by atoms with Crippen molar-refractivity contribution in [2.75, 3.05) is 5.73 Å². The van der Waals surface area contributed by atoms with Crippen LogP contribution in [0.2, 0.25) is 0 Å². The molecule has 6 heteroatoms. The topological polar surface area (TPSA) is 72.5 Å². The molecule has 0 amide bonds. The van der Waals surface area contributed by atoms with Crippen molar-refractivity contribution in [3.63, 3.8) is 0 Å². The average molecular weight is 181 g/mol. The lowest BCUT2D eigenvalue weighted by Gasteiger charge is -1.88. The van der Waals surface area contributed by atoms with E-state index in [1.807, 2.05) is 0 Å². The predicted molar refractivity (Wildman–Crippen MR) is 45.2 cm³/mol. The van der Waals surface area contributed by atoms with Crippen LogP contribution >= 0.6 is 0 Å². The van der Waals surface area contributed by atoms with Crippen molar-refractivity contribution in [2.45, 2.75) is 0 Å². The first-order chi connectivity index (χ1) is 6.20. The molecule has 0 saturated carbocycles. The van der Waals surface area contributed by atoms with Gasteiger partial charge in [0.1, 0.15) is 5.69 Å². The summed E-state index contributed by atoms with van der Waals surface area (Å²) in [5.74, 6) is -0.503. The minimum absolute atomic E-state index is 0.0181. The van der Waals surface area contributed by atoms with E-state index in [1.54, 1.807) is 7.05 Å². The fourth-order valence-corrected chi connectivity index (χ4v) is 1.07. The summed E-state index contributed by atoms with van der Waals surface area (Å²) in [5.41, 5.74) is 6.11. The lowest BCUT2D eigenvalue weighted by Crippen LogP contribution is -1.97. The summed E-state index contributed by atoms with van der Waals surface area (Å²) in [7, 11) is 1.58. The van der Waals surface area contributed by atoms with Crippen molar-refractivity contribution < 1.29 is 4.39 Å². The van der Waals surface area contributed by atoms with Gasteiger partial charge in [-0.2, -0.15) is 5.10 Å². The Labute approximate surface area is 73.4 Å². The van der Waals surface area contributed by atoms with Gasteiger partial charge in [-0.05, 0) is 0 Å². The highest BCUT2D eigenvalue weighted by molar-refractivity contribution is 5.58. The number of imidazole rings is 1. The molecule has 0 spiro atoms. The lowest BCUT2D eigenvalue weighted by atomic mass is 10.3. The monoisotopic (exact) mass is 181 g/mol. The van der Waals surface area contributed by atoms with Gasteiger partial charge in [-0.15, -0.1) is 0 Å². The van der Waals surface area contributed by atoms with Crippen molar-refractivity contribution in [1.29, 1.82) is 0 Å². The lowest BCUT2D eigenvalue weighted by molar-refractivity contribution is 0.633. The number of nitrogens with one attached hydrogen (secondary N) is 1. The molecule has 68 valence electrons.